The van der Waals surface area contributed by atoms with E-state index < -0.39 is 6.09 Å². The van der Waals surface area contributed by atoms with E-state index in [1.807, 2.05) is 0 Å². The first kappa shape index (κ1) is 14.3. The van der Waals surface area contributed by atoms with Crippen LogP contribution in [0.2, 0.25) is 0 Å². The fourth-order valence-electron chi connectivity index (χ4n) is 2.71. The van der Waals surface area contributed by atoms with Crippen LogP contribution in [-0.4, -0.2) is 28.7 Å². The Balaban J connectivity index is 2.13. The molecule has 1 rings (SSSR count). The fourth-order valence-corrected chi connectivity index (χ4v) is 2.71. The molecule has 0 spiro atoms. The van der Waals surface area contributed by atoms with Crippen LogP contribution in [-0.2, 0) is 0 Å². The number of hydrogen-bond acceptors (Lipinski definition) is 1. The summed E-state index contributed by atoms with van der Waals surface area (Å²) in [5.41, 5.74) is 0. The molecule has 17 heavy (non-hydrogen) atoms. The SMILES string of the molecule is CCCCCCCCC1CCCCN1C(=O)O. The van der Waals surface area contributed by atoms with Gasteiger partial charge in [0.2, 0.25) is 0 Å². The minimum atomic E-state index is -0.722. The van der Waals surface area contributed by atoms with Crippen LogP contribution in [0, 0.1) is 0 Å². The van der Waals surface area contributed by atoms with Gasteiger partial charge in [-0.15, -0.1) is 0 Å². The first-order valence-corrected chi connectivity index (χ1v) is 7.25. The van der Waals surface area contributed by atoms with E-state index in [-0.39, 0.29) is 0 Å². The summed E-state index contributed by atoms with van der Waals surface area (Å²) in [5.74, 6) is 0. The standard InChI is InChI=1S/C14H27NO2/c1-2-3-4-5-6-7-10-13-11-8-9-12-15(13)14(16)17/h13H,2-12H2,1H3,(H,16,17). The highest BCUT2D eigenvalue weighted by molar-refractivity contribution is 5.65. The van der Waals surface area contributed by atoms with Gasteiger partial charge < -0.3 is 10.0 Å². The van der Waals surface area contributed by atoms with Crippen molar-refractivity contribution in [3.8, 4) is 0 Å². The van der Waals surface area contributed by atoms with Crippen molar-refractivity contribution in [3.05, 3.63) is 0 Å². The maximum absolute atomic E-state index is 11.1. The van der Waals surface area contributed by atoms with Gasteiger partial charge in [0.05, 0.1) is 0 Å². The number of carbonyl (C=O) groups is 1. The number of hydrogen-bond donors (Lipinski definition) is 1. The van der Waals surface area contributed by atoms with Gasteiger partial charge in [0, 0.05) is 12.6 Å². The van der Waals surface area contributed by atoms with Crippen LogP contribution in [0.4, 0.5) is 4.79 Å². The number of nitrogens with zero attached hydrogens (tertiary/aromatic N) is 1. The van der Waals surface area contributed by atoms with Gasteiger partial charge >= 0.3 is 6.09 Å². The number of rotatable bonds is 7. The lowest BCUT2D eigenvalue weighted by molar-refractivity contribution is 0.102. The number of likely N-dealkylation sites (tertiary alicyclic amines) is 1. The summed E-state index contributed by atoms with van der Waals surface area (Å²) < 4.78 is 0. The fraction of sp³-hybridized carbons (Fsp3) is 0.929. The molecule has 0 radical (unpaired) electrons. The molecule has 3 nitrogen and oxygen atoms in total. The van der Waals surface area contributed by atoms with Gasteiger partial charge in [0.25, 0.3) is 0 Å². The van der Waals surface area contributed by atoms with Crippen LogP contribution in [0.5, 0.6) is 0 Å². The summed E-state index contributed by atoms with van der Waals surface area (Å²) in [4.78, 5) is 12.7. The van der Waals surface area contributed by atoms with Crippen LogP contribution >= 0.6 is 0 Å². The highest BCUT2D eigenvalue weighted by Crippen LogP contribution is 2.22. The smallest absolute Gasteiger partial charge is 0.407 e. The monoisotopic (exact) mass is 241 g/mol. The molecule has 0 aromatic rings. The normalized spacial score (nSPS) is 20.5. The van der Waals surface area contributed by atoms with Gasteiger partial charge in [-0.3, -0.25) is 0 Å². The van der Waals surface area contributed by atoms with Crippen molar-refractivity contribution in [2.75, 3.05) is 6.54 Å². The Labute approximate surface area is 105 Å². The summed E-state index contributed by atoms with van der Waals surface area (Å²) in [6.07, 6.45) is 11.4. The van der Waals surface area contributed by atoms with Crippen molar-refractivity contribution in [1.82, 2.24) is 4.90 Å². The third kappa shape index (κ3) is 5.42. The van der Waals surface area contributed by atoms with Crippen molar-refractivity contribution in [2.45, 2.75) is 77.2 Å². The summed E-state index contributed by atoms with van der Waals surface area (Å²) in [7, 11) is 0. The van der Waals surface area contributed by atoms with E-state index in [4.69, 9.17) is 5.11 Å². The highest BCUT2D eigenvalue weighted by atomic mass is 16.4. The molecule has 0 aromatic carbocycles. The van der Waals surface area contributed by atoms with Crippen LogP contribution in [0.1, 0.15) is 71.1 Å². The minimum absolute atomic E-state index is 0.299. The molecule has 1 N–H and O–H groups in total. The molecule has 1 aliphatic heterocycles. The third-order valence-electron chi connectivity index (χ3n) is 3.76. The lowest BCUT2D eigenvalue weighted by Crippen LogP contribution is -2.42. The summed E-state index contributed by atoms with van der Waals surface area (Å²) in [5, 5.41) is 9.11. The first-order chi connectivity index (χ1) is 8.25. The van der Waals surface area contributed by atoms with E-state index in [1.54, 1.807) is 4.90 Å². The summed E-state index contributed by atoms with van der Waals surface area (Å²) >= 11 is 0. The molecule has 1 aliphatic rings. The van der Waals surface area contributed by atoms with E-state index in [2.05, 4.69) is 6.92 Å². The molecule has 3 heteroatoms. The van der Waals surface area contributed by atoms with Gasteiger partial charge in [-0.1, -0.05) is 45.4 Å². The molecule has 1 unspecified atom stereocenters. The van der Waals surface area contributed by atoms with Crippen LogP contribution in [0.3, 0.4) is 0 Å². The molecular formula is C14H27NO2. The number of unbranched alkanes of at least 4 members (excludes halogenated alkanes) is 5. The third-order valence-corrected chi connectivity index (χ3v) is 3.76. The summed E-state index contributed by atoms with van der Waals surface area (Å²) in [6, 6.07) is 0.299. The maximum Gasteiger partial charge on any atom is 0.407 e. The quantitative estimate of drug-likeness (QED) is 0.676. The van der Waals surface area contributed by atoms with E-state index in [9.17, 15) is 4.79 Å². The van der Waals surface area contributed by atoms with E-state index >= 15 is 0 Å². The predicted octanol–water partition coefficient (Wildman–Crippen LogP) is 4.27. The van der Waals surface area contributed by atoms with E-state index in [0.29, 0.717) is 6.04 Å². The Hall–Kier alpha value is -0.730. The predicted molar refractivity (Wildman–Crippen MR) is 70.4 cm³/mol. The van der Waals surface area contributed by atoms with Crippen LogP contribution in [0.25, 0.3) is 0 Å². The van der Waals surface area contributed by atoms with Crippen LogP contribution < -0.4 is 0 Å². The highest BCUT2D eigenvalue weighted by Gasteiger charge is 2.25. The zero-order chi connectivity index (χ0) is 12.5. The molecule has 1 saturated heterocycles. The van der Waals surface area contributed by atoms with Crippen molar-refractivity contribution < 1.29 is 9.90 Å². The van der Waals surface area contributed by atoms with Gasteiger partial charge in [-0.05, 0) is 25.7 Å². The van der Waals surface area contributed by atoms with Crippen molar-refractivity contribution >= 4 is 6.09 Å². The zero-order valence-electron chi connectivity index (χ0n) is 11.2. The molecule has 1 atom stereocenters. The summed E-state index contributed by atoms with van der Waals surface area (Å²) in [6.45, 7) is 2.97. The minimum Gasteiger partial charge on any atom is -0.465 e. The molecule has 0 aromatic heterocycles. The molecule has 100 valence electrons. The molecule has 1 heterocycles. The largest absolute Gasteiger partial charge is 0.465 e. The van der Waals surface area contributed by atoms with Crippen molar-refractivity contribution in [3.63, 3.8) is 0 Å². The molecular weight excluding hydrogens is 214 g/mol. The van der Waals surface area contributed by atoms with Crippen molar-refractivity contribution in [2.24, 2.45) is 0 Å². The Morgan fingerprint density at radius 2 is 1.88 bits per heavy atom. The Kier molecular flexibility index (Phi) is 7.06. The molecule has 1 amide bonds. The number of amides is 1. The topological polar surface area (TPSA) is 40.5 Å². The Morgan fingerprint density at radius 1 is 1.18 bits per heavy atom. The van der Waals surface area contributed by atoms with Crippen LogP contribution in [0.15, 0.2) is 0 Å². The molecule has 1 fully saturated rings. The lowest BCUT2D eigenvalue weighted by atomic mass is 9.97. The number of carboxylic acid groups (broad SMARTS) is 1. The van der Waals surface area contributed by atoms with Crippen molar-refractivity contribution in [1.29, 1.82) is 0 Å². The Morgan fingerprint density at radius 3 is 2.59 bits per heavy atom. The first-order valence-electron chi connectivity index (χ1n) is 7.25. The average Bonchev–Trinajstić information content (AvgIpc) is 2.34. The maximum atomic E-state index is 11.1. The van der Waals surface area contributed by atoms with Gasteiger partial charge in [0.1, 0.15) is 0 Å². The zero-order valence-corrected chi connectivity index (χ0v) is 11.2. The van der Waals surface area contributed by atoms with Gasteiger partial charge in [0.15, 0.2) is 0 Å². The molecule has 0 bridgehead atoms. The Bertz CT molecular complexity index is 218. The van der Waals surface area contributed by atoms with E-state index in [1.165, 1.54) is 44.9 Å². The average molecular weight is 241 g/mol. The second-order valence-corrected chi connectivity index (χ2v) is 5.18. The van der Waals surface area contributed by atoms with E-state index in [0.717, 1.165) is 25.8 Å². The van der Waals surface area contributed by atoms with Gasteiger partial charge in [-0.2, -0.15) is 0 Å². The van der Waals surface area contributed by atoms with Gasteiger partial charge in [-0.25, -0.2) is 4.79 Å². The molecule has 0 aliphatic carbocycles. The second kappa shape index (κ2) is 8.37. The second-order valence-electron chi connectivity index (χ2n) is 5.18. The molecule has 0 saturated carbocycles. The lowest BCUT2D eigenvalue weighted by Gasteiger charge is -2.33. The number of piperidine rings is 1.